The fraction of sp³-hybridized carbons (Fsp3) is 0.867. The third-order valence-electron chi connectivity index (χ3n) is 11.4. The summed E-state index contributed by atoms with van der Waals surface area (Å²) < 4.78 is 0. The molecule has 2 heteroatoms. The largest absolute Gasteiger partial charge is 0.299 e. The molecule has 0 spiro atoms. The minimum Gasteiger partial charge on any atom is -0.299 e. The summed E-state index contributed by atoms with van der Waals surface area (Å²) in [5.74, 6) is 3.25. The van der Waals surface area contributed by atoms with Crippen molar-refractivity contribution in [3.8, 4) is 0 Å². The van der Waals surface area contributed by atoms with Gasteiger partial charge in [0, 0.05) is 29.2 Å². The third kappa shape index (κ3) is 3.24. The van der Waals surface area contributed by atoms with Crippen molar-refractivity contribution in [1.29, 1.82) is 0 Å². The van der Waals surface area contributed by atoms with Gasteiger partial charge in [-0.15, -0.1) is 0 Å². The van der Waals surface area contributed by atoms with Crippen LogP contribution in [-0.4, -0.2) is 11.6 Å². The molecule has 0 saturated heterocycles. The third-order valence-corrected chi connectivity index (χ3v) is 11.4. The average Bonchev–Trinajstić information content (AvgIpc) is 2.96. The highest BCUT2D eigenvalue weighted by atomic mass is 16.1. The molecule has 6 atom stereocenters. The summed E-state index contributed by atoms with van der Waals surface area (Å²) in [4.78, 5) is 26.8. The van der Waals surface area contributed by atoms with Gasteiger partial charge in [0.2, 0.25) is 0 Å². The van der Waals surface area contributed by atoms with Gasteiger partial charge in [-0.2, -0.15) is 0 Å². The van der Waals surface area contributed by atoms with E-state index in [9.17, 15) is 9.59 Å². The Morgan fingerprint density at radius 2 is 1.59 bits per heavy atom. The molecule has 0 unspecified atom stereocenters. The van der Waals surface area contributed by atoms with Crippen molar-refractivity contribution in [2.45, 2.75) is 120 Å². The lowest BCUT2D eigenvalue weighted by molar-refractivity contribution is -0.142. The van der Waals surface area contributed by atoms with Gasteiger partial charge in [-0.3, -0.25) is 9.59 Å². The van der Waals surface area contributed by atoms with Crippen molar-refractivity contribution in [3.05, 3.63) is 11.1 Å². The predicted octanol–water partition coefficient (Wildman–Crippen LogP) is 7.95. The number of fused-ring (bicyclic) bond motifs is 4. The zero-order valence-electron chi connectivity index (χ0n) is 22.2. The van der Waals surface area contributed by atoms with Crippen LogP contribution in [0.15, 0.2) is 11.1 Å². The summed E-state index contributed by atoms with van der Waals surface area (Å²) in [6, 6.07) is 0. The Labute approximate surface area is 197 Å². The fourth-order valence-corrected chi connectivity index (χ4v) is 9.30. The molecule has 0 aromatic heterocycles. The van der Waals surface area contributed by atoms with E-state index in [-0.39, 0.29) is 21.7 Å². The quantitative estimate of drug-likeness (QED) is 0.434. The second kappa shape index (κ2) is 7.81. The number of rotatable bonds is 5. The summed E-state index contributed by atoms with van der Waals surface area (Å²) in [7, 11) is 0. The molecule has 0 heterocycles. The molecule has 0 radical (unpaired) electrons. The standard InChI is InChI=1S/C30H48O2/c1-19(2)10-9-11-20(3)21-14-17-29(7)22-12-13-24-27(4,5)25(32)15-16-28(24,6)26(22)23(31)18-30(21,29)8/h19-21,24H,9-18H2,1-8H3/t20-,21-,24+,28+,29+,30-/m1/s1. The van der Waals surface area contributed by atoms with Crippen LogP contribution < -0.4 is 0 Å². The highest BCUT2D eigenvalue weighted by Crippen LogP contribution is 2.71. The van der Waals surface area contributed by atoms with Crippen LogP contribution in [0.25, 0.3) is 0 Å². The van der Waals surface area contributed by atoms with Gasteiger partial charge >= 0.3 is 0 Å². The Hall–Kier alpha value is -0.920. The number of allylic oxidation sites excluding steroid dienone is 2. The highest BCUT2D eigenvalue weighted by Gasteiger charge is 2.65. The molecule has 32 heavy (non-hydrogen) atoms. The smallest absolute Gasteiger partial charge is 0.159 e. The van der Waals surface area contributed by atoms with Gasteiger partial charge in [0.15, 0.2) is 5.78 Å². The first-order valence-electron chi connectivity index (χ1n) is 13.6. The van der Waals surface area contributed by atoms with Crippen molar-refractivity contribution in [3.63, 3.8) is 0 Å². The summed E-state index contributed by atoms with van der Waals surface area (Å²) in [6.07, 6.45) is 10.7. The van der Waals surface area contributed by atoms with Gasteiger partial charge in [0.25, 0.3) is 0 Å². The molecule has 0 amide bonds. The van der Waals surface area contributed by atoms with Crippen LogP contribution in [0, 0.1) is 45.3 Å². The van der Waals surface area contributed by atoms with E-state index in [4.69, 9.17) is 0 Å². The molecule has 2 saturated carbocycles. The molecule has 4 aliphatic carbocycles. The molecule has 0 aliphatic heterocycles. The number of hydrogen-bond donors (Lipinski definition) is 0. The maximum Gasteiger partial charge on any atom is 0.159 e. The average molecular weight is 441 g/mol. The molecule has 0 aromatic rings. The van der Waals surface area contributed by atoms with Gasteiger partial charge in [0.1, 0.15) is 5.78 Å². The van der Waals surface area contributed by atoms with E-state index in [2.05, 4.69) is 55.4 Å². The Balaban J connectivity index is 1.69. The maximum atomic E-state index is 14.0. The van der Waals surface area contributed by atoms with Crippen LogP contribution in [0.5, 0.6) is 0 Å². The summed E-state index contributed by atoms with van der Waals surface area (Å²) in [6.45, 7) is 18.7. The zero-order chi connectivity index (χ0) is 23.7. The van der Waals surface area contributed by atoms with Crippen LogP contribution in [0.2, 0.25) is 0 Å². The van der Waals surface area contributed by atoms with Crippen molar-refractivity contribution in [1.82, 2.24) is 0 Å². The first-order chi connectivity index (χ1) is 14.8. The maximum absolute atomic E-state index is 14.0. The van der Waals surface area contributed by atoms with Crippen LogP contribution in [-0.2, 0) is 9.59 Å². The topological polar surface area (TPSA) is 34.1 Å². The van der Waals surface area contributed by atoms with E-state index in [1.165, 1.54) is 43.3 Å². The van der Waals surface area contributed by atoms with E-state index in [0.717, 1.165) is 31.6 Å². The summed E-state index contributed by atoms with van der Waals surface area (Å²) >= 11 is 0. The molecular weight excluding hydrogens is 392 g/mol. The first-order valence-corrected chi connectivity index (χ1v) is 13.6. The molecule has 4 aliphatic rings. The highest BCUT2D eigenvalue weighted by molar-refractivity contribution is 6.00. The number of Topliss-reactive ketones (excluding diaryl/α,β-unsaturated/α-hetero) is 2. The van der Waals surface area contributed by atoms with Crippen LogP contribution in [0.3, 0.4) is 0 Å². The number of carbonyl (C=O) groups is 2. The Bertz CT molecular complexity index is 832. The van der Waals surface area contributed by atoms with Crippen molar-refractivity contribution in [2.24, 2.45) is 45.3 Å². The number of ketones is 2. The van der Waals surface area contributed by atoms with Crippen molar-refractivity contribution in [2.75, 3.05) is 0 Å². The second-order valence-corrected chi connectivity index (χ2v) is 13.8. The zero-order valence-corrected chi connectivity index (χ0v) is 22.2. The van der Waals surface area contributed by atoms with E-state index < -0.39 is 0 Å². The van der Waals surface area contributed by atoms with E-state index in [1.54, 1.807) is 0 Å². The Kier molecular flexibility index (Phi) is 5.91. The molecule has 0 bridgehead atoms. The van der Waals surface area contributed by atoms with E-state index in [1.807, 2.05) is 0 Å². The van der Waals surface area contributed by atoms with Crippen LogP contribution in [0.4, 0.5) is 0 Å². The molecule has 180 valence electrons. The van der Waals surface area contributed by atoms with Gasteiger partial charge in [-0.1, -0.05) is 80.2 Å². The van der Waals surface area contributed by atoms with E-state index in [0.29, 0.717) is 35.7 Å². The molecule has 2 fully saturated rings. The second-order valence-electron chi connectivity index (χ2n) is 13.8. The monoisotopic (exact) mass is 440 g/mol. The lowest BCUT2D eigenvalue weighted by Crippen LogP contribution is -2.56. The normalized spacial score (nSPS) is 42.0. The van der Waals surface area contributed by atoms with Gasteiger partial charge in [-0.05, 0) is 66.6 Å². The van der Waals surface area contributed by atoms with E-state index >= 15 is 0 Å². The molecule has 0 N–H and O–H groups in total. The Morgan fingerprint density at radius 1 is 0.906 bits per heavy atom. The molecular formula is C30H48O2. The Morgan fingerprint density at radius 3 is 2.25 bits per heavy atom. The lowest BCUT2D eigenvalue weighted by atomic mass is 9.43. The minimum absolute atomic E-state index is 0.0867. The van der Waals surface area contributed by atoms with Crippen molar-refractivity contribution >= 4 is 11.6 Å². The van der Waals surface area contributed by atoms with Gasteiger partial charge < -0.3 is 0 Å². The van der Waals surface area contributed by atoms with Crippen LogP contribution >= 0.6 is 0 Å². The SMILES string of the molecule is CC(C)CCC[C@@H](C)[C@H]1CC[C@@]2(C)C3=C(C(=O)C[C@]12C)[C@@]1(C)CCC(=O)C(C)(C)[C@@H]1CC3. The summed E-state index contributed by atoms with van der Waals surface area (Å²) in [5, 5.41) is 0. The fourth-order valence-electron chi connectivity index (χ4n) is 9.30. The van der Waals surface area contributed by atoms with Crippen LogP contribution in [0.1, 0.15) is 120 Å². The van der Waals surface area contributed by atoms with Crippen molar-refractivity contribution < 1.29 is 9.59 Å². The first kappa shape index (κ1) is 24.2. The minimum atomic E-state index is -0.309. The molecule has 2 nitrogen and oxygen atoms in total. The molecule has 4 rings (SSSR count). The number of carbonyl (C=O) groups excluding carboxylic acids is 2. The predicted molar refractivity (Wildman–Crippen MR) is 132 cm³/mol. The number of hydrogen-bond acceptors (Lipinski definition) is 2. The van der Waals surface area contributed by atoms with Gasteiger partial charge in [0.05, 0.1) is 0 Å². The van der Waals surface area contributed by atoms with Gasteiger partial charge in [-0.25, -0.2) is 0 Å². The molecule has 0 aromatic carbocycles. The summed E-state index contributed by atoms with van der Waals surface area (Å²) in [5.41, 5.74) is 2.50. The lowest BCUT2D eigenvalue weighted by Gasteiger charge is -2.60.